The first-order valence-electron chi connectivity index (χ1n) is 12.9. The van der Waals surface area contributed by atoms with Crippen molar-refractivity contribution in [2.45, 2.75) is 67.7 Å². The third-order valence-corrected chi connectivity index (χ3v) is 8.35. The Morgan fingerprint density at radius 1 is 1.00 bits per heavy atom. The van der Waals surface area contributed by atoms with Crippen LogP contribution in [0.2, 0.25) is 0 Å². The number of carboxylic acid groups (broad SMARTS) is 1. The molecular formula is C27H32F3N3O7S. The second-order valence-corrected chi connectivity index (χ2v) is 11.5. The maximum atomic E-state index is 13.1. The lowest BCUT2D eigenvalue weighted by atomic mass is 9.85. The summed E-state index contributed by atoms with van der Waals surface area (Å²) in [5.41, 5.74) is 5.15. The molecule has 1 aliphatic carbocycles. The summed E-state index contributed by atoms with van der Waals surface area (Å²) in [6.45, 7) is -0.181. The first kappa shape index (κ1) is 32.0. The first-order chi connectivity index (χ1) is 19.3. The van der Waals surface area contributed by atoms with Crippen LogP contribution in [0, 0.1) is 5.92 Å². The number of carboxylic acids is 1. The first-order valence-corrected chi connectivity index (χ1v) is 14.4. The van der Waals surface area contributed by atoms with Gasteiger partial charge in [-0.05, 0) is 61.9 Å². The molecular weight excluding hydrogens is 567 g/mol. The molecule has 0 spiro atoms. The molecule has 1 fully saturated rings. The molecule has 2 atom stereocenters. The Labute approximate surface area is 235 Å². The average Bonchev–Trinajstić information content (AvgIpc) is 2.94. The molecule has 224 valence electrons. The summed E-state index contributed by atoms with van der Waals surface area (Å²) in [7, 11) is -4.05. The normalized spacial score (nSPS) is 19.1. The van der Waals surface area contributed by atoms with E-state index in [2.05, 4.69) is 10.0 Å². The lowest BCUT2D eigenvalue weighted by Crippen LogP contribution is -2.42. The molecule has 0 bridgehead atoms. The van der Waals surface area contributed by atoms with Crippen LogP contribution in [0.4, 0.5) is 13.2 Å². The summed E-state index contributed by atoms with van der Waals surface area (Å²) >= 11 is 0. The largest absolute Gasteiger partial charge is 0.480 e. The van der Waals surface area contributed by atoms with Crippen LogP contribution < -0.4 is 15.8 Å². The van der Waals surface area contributed by atoms with Gasteiger partial charge in [0, 0.05) is 18.4 Å². The third-order valence-electron chi connectivity index (χ3n) is 6.82. The van der Waals surface area contributed by atoms with Gasteiger partial charge in [-0.1, -0.05) is 30.3 Å². The van der Waals surface area contributed by atoms with Crippen molar-refractivity contribution >= 4 is 27.9 Å². The van der Waals surface area contributed by atoms with Crippen molar-refractivity contribution in [1.29, 1.82) is 0 Å². The zero-order chi connectivity index (χ0) is 30.2. The van der Waals surface area contributed by atoms with Gasteiger partial charge in [-0.25, -0.2) is 13.1 Å². The molecule has 3 rings (SSSR count). The molecule has 0 heterocycles. The number of benzene rings is 2. The van der Waals surface area contributed by atoms with Gasteiger partial charge in [0.25, 0.3) is 0 Å². The monoisotopic (exact) mass is 599 g/mol. The standard InChI is InChI=1S/C27H32F3N3O7S/c28-27(29,30)19-8-12-21(13-9-19)41(38,39)33-20-10-6-18(7-11-20)25(35)32-23(17-4-2-1-3-5-17)16-40-24(34)15-14-22(31)26(36)37/h1-5,8-9,12-13,18,20,22-23,33H,6-7,10-11,14-16,31H2,(H,32,35)(H,36,37)/t18?,20?,22-,23+/m1/s1. The van der Waals surface area contributed by atoms with E-state index < -0.39 is 57.7 Å². The molecule has 14 heteroatoms. The number of sulfonamides is 1. The van der Waals surface area contributed by atoms with Crippen LogP contribution in [-0.2, 0) is 35.3 Å². The van der Waals surface area contributed by atoms with Gasteiger partial charge in [0.15, 0.2) is 0 Å². The number of halogens is 3. The fraction of sp³-hybridized carbons (Fsp3) is 0.444. The molecule has 0 aliphatic heterocycles. The van der Waals surface area contributed by atoms with Crippen LogP contribution >= 0.6 is 0 Å². The Balaban J connectivity index is 1.54. The van der Waals surface area contributed by atoms with Gasteiger partial charge in [-0.3, -0.25) is 14.4 Å². The number of alkyl halides is 3. The van der Waals surface area contributed by atoms with Gasteiger partial charge < -0.3 is 20.9 Å². The van der Waals surface area contributed by atoms with Gasteiger partial charge in [0.05, 0.1) is 16.5 Å². The zero-order valence-corrected chi connectivity index (χ0v) is 22.8. The summed E-state index contributed by atoms with van der Waals surface area (Å²) in [5.74, 6) is -2.61. The van der Waals surface area contributed by atoms with Crippen LogP contribution in [0.1, 0.15) is 55.7 Å². The van der Waals surface area contributed by atoms with E-state index in [4.69, 9.17) is 15.6 Å². The molecule has 0 unspecified atom stereocenters. The Morgan fingerprint density at radius 3 is 2.17 bits per heavy atom. The number of rotatable bonds is 12. The molecule has 5 N–H and O–H groups in total. The van der Waals surface area contributed by atoms with E-state index in [1.165, 1.54) is 0 Å². The van der Waals surface area contributed by atoms with E-state index in [-0.39, 0.29) is 30.3 Å². The summed E-state index contributed by atoms with van der Waals surface area (Å²) in [5, 5.41) is 11.7. The van der Waals surface area contributed by atoms with Crippen molar-refractivity contribution in [2.75, 3.05) is 6.61 Å². The van der Waals surface area contributed by atoms with E-state index in [1.807, 2.05) is 0 Å². The number of ether oxygens (including phenoxy) is 1. The SMILES string of the molecule is N[C@H](CCC(=O)OC[C@H](NC(=O)C1CCC(NS(=O)(=O)c2ccc(C(F)(F)F)cc2)CC1)c1ccccc1)C(=O)O. The van der Waals surface area contributed by atoms with Crippen molar-refractivity contribution in [2.24, 2.45) is 11.7 Å². The van der Waals surface area contributed by atoms with Crippen molar-refractivity contribution in [1.82, 2.24) is 10.0 Å². The number of carbonyl (C=O) groups is 3. The van der Waals surface area contributed by atoms with E-state index in [9.17, 15) is 36.0 Å². The molecule has 1 aliphatic rings. The van der Waals surface area contributed by atoms with Crippen molar-refractivity contribution in [3.05, 3.63) is 65.7 Å². The van der Waals surface area contributed by atoms with Gasteiger partial charge >= 0.3 is 18.1 Å². The third kappa shape index (κ3) is 9.54. The lowest BCUT2D eigenvalue weighted by molar-refractivity contribution is -0.146. The molecule has 1 saturated carbocycles. The molecule has 0 radical (unpaired) electrons. The molecule has 2 aromatic rings. The van der Waals surface area contributed by atoms with Crippen LogP contribution in [0.3, 0.4) is 0 Å². The fourth-order valence-electron chi connectivity index (χ4n) is 4.43. The highest BCUT2D eigenvalue weighted by molar-refractivity contribution is 7.89. The van der Waals surface area contributed by atoms with Gasteiger partial charge in [0.1, 0.15) is 12.6 Å². The van der Waals surface area contributed by atoms with E-state index >= 15 is 0 Å². The highest BCUT2D eigenvalue weighted by Gasteiger charge is 2.33. The van der Waals surface area contributed by atoms with Crippen molar-refractivity contribution < 1.29 is 45.8 Å². The number of nitrogens with two attached hydrogens (primary N) is 1. The molecule has 0 aromatic heterocycles. The number of aliphatic carboxylic acids is 1. The fourth-order valence-corrected chi connectivity index (χ4v) is 5.73. The smallest absolute Gasteiger partial charge is 0.416 e. The Hall–Kier alpha value is -3.49. The Bertz CT molecular complexity index is 1300. The van der Waals surface area contributed by atoms with E-state index in [0.717, 1.165) is 12.1 Å². The minimum atomic E-state index is -4.58. The number of amides is 1. The summed E-state index contributed by atoms with van der Waals surface area (Å²) < 4.78 is 71.5. The van der Waals surface area contributed by atoms with E-state index in [1.54, 1.807) is 30.3 Å². The van der Waals surface area contributed by atoms with Gasteiger partial charge in [-0.15, -0.1) is 0 Å². The van der Waals surface area contributed by atoms with Gasteiger partial charge in [-0.2, -0.15) is 13.2 Å². The topological polar surface area (TPSA) is 165 Å². The average molecular weight is 600 g/mol. The lowest BCUT2D eigenvalue weighted by Gasteiger charge is -2.29. The van der Waals surface area contributed by atoms with Crippen molar-refractivity contribution in [3.8, 4) is 0 Å². The van der Waals surface area contributed by atoms with Crippen LogP contribution in [0.5, 0.6) is 0 Å². The number of nitrogens with one attached hydrogen (secondary N) is 2. The maximum absolute atomic E-state index is 13.1. The zero-order valence-electron chi connectivity index (χ0n) is 22.0. The molecule has 1 amide bonds. The summed E-state index contributed by atoms with van der Waals surface area (Å²) in [6, 6.07) is 9.69. The highest BCUT2D eigenvalue weighted by Crippen LogP contribution is 2.30. The number of esters is 1. The predicted molar refractivity (Wildman–Crippen MR) is 141 cm³/mol. The van der Waals surface area contributed by atoms with Crippen molar-refractivity contribution in [3.63, 3.8) is 0 Å². The second-order valence-electron chi connectivity index (χ2n) is 9.83. The van der Waals surface area contributed by atoms with Crippen LogP contribution in [0.25, 0.3) is 0 Å². The quantitative estimate of drug-likeness (QED) is 0.270. The second kappa shape index (κ2) is 13.9. The number of hydrogen-bond acceptors (Lipinski definition) is 7. The minimum absolute atomic E-state index is 0.0948. The van der Waals surface area contributed by atoms with Gasteiger partial charge in [0.2, 0.25) is 15.9 Å². The summed E-state index contributed by atoms with van der Waals surface area (Å²) in [6.07, 6.45) is -3.47. The molecule has 41 heavy (non-hydrogen) atoms. The molecule has 10 nitrogen and oxygen atoms in total. The predicted octanol–water partition coefficient (Wildman–Crippen LogP) is 3.14. The Morgan fingerprint density at radius 2 is 1.61 bits per heavy atom. The van der Waals surface area contributed by atoms with E-state index in [0.29, 0.717) is 43.4 Å². The van der Waals surface area contributed by atoms with Crippen LogP contribution in [0.15, 0.2) is 59.5 Å². The molecule has 0 saturated heterocycles. The highest BCUT2D eigenvalue weighted by atomic mass is 32.2. The molecule has 2 aromatic carbocycles. The number of carbonyl (C=O) groups excluding carboxylic acids is 2. The Kier molecular flexibility index (Phi) is 10.9. The minimum Gasteiger partial charge on any atom is -0.480 e. The maximum Gasteiger partial charge on any atom is 0.416 e. The summed E-state index contributed by atoms with van der Waals surface area (Å²) in [4.78, 5) is 35.8. The number of hydrogen-bond donors (Lipinski definition) is 4. The van der Waals surface area contributed by atoms with Crippen LogP contribution in [-0.4, -0.2) is 50.1 Å².